The van der Waals surface area contributed by atoms with Crippen LogP contribution in [0.4, 0.5) is 0 Å². The summed E-state index contributed by atoms with van der Waals surface area (Å²) in [5.74, 6) is 1.41. The molecule has 2 rings (SSSR count). The highest BCUT2D eigenvalue weighted by atomic mass is 79.9. The van der Waals surface area contributed by atoms with Crippen molar-refractivity contribution >= 4 is 15.9 Å². The molecule has 0 amide bonds. The molecular weight excluding hydrogens is 318 g/mol. The molecule has 104 valence electrons. The fourth-order valence-corrected chi connectivity index (χ4v) is 2.29. The van der Waals surface area contributed by atoms with Crippen LogP contribution in [0.2, 0.25) is 0 Å². The largest absolute Gasteiger partial charge is 0.339 e. The Kier molecular flexibility index (Phi) is 4.56. The van der Waals surface area contributed by atoms with E-state index < -0.39 is 0 Å². The number of halogens is 1. The first-order valence-corrected chi connectivity index (χ1v) is 7.27. The van der Waals surface area contributed by atoms with Crippen LogP contribution in [0.1, 0.15) is 30.4 Å². The lowest BCUT2D eigenvalue weighted by Gasteiger charge is -2.04. The Labute approximate surface area is 126 Å². The van der Waals surface area contributed by atoms with Crippen LogP contribution in [-0.2, 0) is 6.42 Å². The van der Waals surface area contributed by atoms with Gasteiger partial charge in [-0.2, -0.15) is 10.2 Å². The summed E-state index contributed by atoms with van der Waals surface area (Å²) in [7, 11) is 0. The van der Waals surface area contributed by atoms with Crippen molar-refractivity contribution in [2.24, 2.45) is 5.92 Å². The summed E-state index contributed by atoms with van der Waals surface area (Å²) in [6, 6.07) is 6.22. The Balaban J connectivity index is 2.23. The van der Waals surface area contributed by atoms with E-state index in [0.29, 0.717) is 24.6 Å². The van der Waals surface area contributed by atoms with Crippen LogP contribution in [0.25, 0.3) is 11.4 Å². The Morgan fingerprint density at radius 2 is 2.00 bits per heavy atom. The van der Waals surface area contributed by atoms with Gasteiger partial charge in [0.25, 0.3) is 0 Å². The molecule has 0 aliphatic carbocycles. The number of rotatable bonds is 4. The molecule has 0 saturated heterocycles. The highest BCUT2D eigenvalue weighted by Crippen LogP contribution is 2.27. The molecule has 2 aromatic rings. The number of nitrogens with zero attached hydrogens (tertiary/aromatic N) is 3. The predicted molar refractivity (Wildman–Crippen MR) is 80.0 cm³/mol. The van der Waals surface area contributed by atoms with Crippen LogP contribution in [0.5, 0.6) is 0 Å². The van der Waals surface area contributed by atoms with Crippen molar-refractivity contribution in [1.29, 1.82) is 5.26 Å². The van der Waals surface area contributed by atoms with Gasteiger partial charge in [0.1, 0.15) is 0 Å². The molecule has 0 spiro atoms. The fraction of sp³-hybridized carbons (Fsp3) is 0.400. The van der Waals surface area contributed by atoms with Gasteiger partial charge in [0.05, 0.1) is 6.07 Å². The second kappa shape index (κ2) is 6.19. The molecule has 20 heavy (non-hydrogen) atoms. The van der Waals surface area contributed by atoms with Crippen LogP contribution in [0, 0.1) is 31.1 Å². The zero-order valence-electron chi connectivity index (χ0n) is 11.8. The van der Waals surface area contributed by atoms with Gasteiger partial charge in [-0.15, -0.1) is 0 Å². The topological polar surface area (TPSA) is 62.7 Å². The van der Waals surface area contributed by atoms with E-state index in [1.54, 1.807) is 0 Å². The number of aryl methyl sites for hydroxylation is 2. The first-order valence-electron chi connectivity index (χ1n) is 6.48. The molecule has 1 unspecified atom stereocenters. The van der Waals surface area contributed by atoms with Gasteiger partial charge in [0.2, 0.25) is 11.7 Å². The van der Waals surface area contributed by atoms with Gasteiger partial charge < -0.3 is 4.52 Å². The van der Waals surface area contributed by atoms with Crippen molar-refractivity contribution in [2.45, 2.75) is 33.6 Å². The van der Waals surface area contributed by atoms with E-state index in [-0.39, 0.29) is 5.92 Å². The summed E-state index contributed by atoms with van der Waals surface area (Å²) >= 11 is 3.55. The predicted octanol–water partition coefficient (Wildman–Crippen LogP) is 4.21. The van der Waals surface area contributed by atoms with Crippen molar-refractivity contribution in [3.63, 3.8) is 0 Å². The van der Waals surface area contributed by atoms with Crippen LogP contribution >= 0.6 is 15.9 Å². The fourth-order valence-electron chi connectivity index (χ4n) is 2.06. The SMILES string of the molecule is Cc1cc(-c2noc(CC(C)CC#N)n2)cc(C)c1Br. The van der Waals surface area contributed by atoms with E-state index in [0.717, 1.165) is 21.2 Å². The van der Waals surface area contributed by atoms with Gasteiger partial charge in [-0.1, -0.05) is 28.0 Å². The van der Waals surface area contributed by atoms with Gasteiger partial charge >= 0.3 is 0 Å². The minimum atomic E-state index is 0.224. The molecule has 1 atom stereocenters. The maximum absolute atomic E-state index is 8.66. The average molecular weight is 334 g/mol. The van der Waals surface area contributed by atoms with Crippen molar-refractivity contribution in [3.05, 3.63) is 33.6 Å². The van der Waals surface area contributed by atoms with Crippen molar-refractivity contribution in [2.75, 3.05) is 0 Å². The van der Waals surface area contributed by atoms with E-state index in [1.165, 1.54) is 0 Å². The Morgan fingerprint density at radius 1 is 1.35 bits per heavy atom. The maximum atomic E-state index is 8.66. The maximum Gasteiger partial charge on any atom is 0.227 e. The van der Waals surface area contributed by atoms with E-state index in [9.17, 15) is 0 Å². The quantitative estimate of drug-likeness (QED) is 0.840. The van der Waals surface area contributed by atoms with Gasteiger partial charge in [-0.05, 0) is 43.0 Å². The molecule has 1 aromatic heterocycles. The lowest BCUT2D eigenvalue weighted by atomic mass is 10.1. The molecule has 0 saturated carbocycles. The van der Waals surface area contributed by atoms with Gasteiger partial charge in [-0.25, -0.2) is 0 Å². The van der Waals surface area contributed by atoms with Crippen molar-refractivity contribution in [1.82, 2.24) is 10.1 Å². The van der Waals surface area contributed by atoms with Crippen molar-refractivity contribution < 1.29 is 4.52 Å². The van der Waals surface area contributed by atoms with E-state index in [4.69, 9.17) is 9.78 Å². The Hall–Kier alpha value is -1.67. The zero-order valence-corrected chi connectivity index (χ0v) is 13.4. The monoisotopic (exact) mass is 333 g/mol. The highest BCUT2D eigenvalue weighted by Gasteiger charge is 2.13. The molecule has 0 bridgehead atoms. The molecule has 0 N–H and O–H groups in total. The molecular formula is C15H16BrN3O. The normalized spacial score (nSPS) is 12.2. The Morgan fingerprint density at radius 3 is 2.60 bits per heavy atom. The third-order valence-electron chi connectivity index (χ3n) is 3.13. The van der Waals surface area contributed by atoms with E-state index >= 15 is 0 Å². The smallest absolute Gasteiger partial charge is 0.227 e. The minimum Gasteiger partial charge on any atom is -0.339 e. The summed E-state index contributed by atoms with van der Waals surface area (Å²) in [5, 5.41) is 12.7. The molecule has 1 aromatic carbocycles. The second-order valence-corrected chi connectivity index (χ2v) is 5.90. The molecule has 4 nitrogen and oxygen atoms in total. The molecule has 0 fully saturated rings. The number of nitriles is 1. The van der Waals surface area contributed by atoms with E-state index in [1.807, 2.05) is 32.9 Å². The number of hydrogen-bond acceptors (Lipinski definition) is 4. The van der Waals surface area contributed by atoms with E-state index in [2.05, 4.69) is 32.1 Å². The number of aromatic nitrogens is 2. The number of benzene rings is 1. The van der Waals surface area contributed by atoms with Gasteiger partial charge in [-0.3, -0.25) is 0 Å². The molecule has 0 aliphatic heterocycles. The molecule has 1 heterocycles. The van der Waals surface area contributed by atoms with Crippen molar-refractivity contribution in [3.8, 4) is 17.5 Å². The van der Waals surface area contributed by atoms with Crippen LogP contribution < -0.4 is 0 Å². The third-order valence-corrected chi connectivity index (χ3v) is 4.38. The lowest BCUT2D eigenvalue weighted by Crippen LogP contribution is -1.98. The zero-order chi connectivity index (χ0) is 14.7. The van der Waals surface area contributed by atoms with Crippen LogP contribution in [0.15, 0.2) is 21.1 Å². The van der Waals surface area contributed by atoms with Gasteiger partial charge in [0, 0.05) is 22.9 Å². The third kappa shape index (κ3) is 3.26. The average Bonchev–Trinajstić information content (AvgIpc) is 2.84. The highest BCUT2D eigenvalue weighted by molar-refractivity contribution is 9.10. The first kappa shape index (κ1) is 14.7. The van der Waals surface area contributed by atoms with Crippen LogP contribution in [-0.4, -0.2) is 10.1 Å². The number of hydrogen-bond donors (Lipinski definition) is 0. The second-order valence-electron chi connectivity index (χ2n) is 5.11. The molecule has 0 aliphatic rings. The lowest BCUT2D eigenvalue weighted by molar-refractivity contribution is 0.359. The molecule has 5 heteroatoms. The summed E-state index contributed by atoms with van der Waals surface area (Å²) in [5.41, 5.74) is 3.24. The summed E-state index contributed by atoms with van der Waals surface area (Å²) in [6.07, 6.45) is 1.13. The summed E-state index contributed by atoms with van der Waals surface area (Å²) in [6.45, 7) is 6.08. The summed E-state index contributed by atoms with van der Waals surface area (Å²) < 4.78 is 6.37. The minimum absolute atomic E-state index is 0.224. The first-order chi connectivity index (χ1) is 9.51. The van der Waals surface area contributed by atoms with Crippen LogP contribution in [0.3, 0.4) is 0 Å². The molecule has 0 radical (unpaired) electrons. The summed E-state index contributed by atoms with van der Waals surface area (Å²) in [4.78, 5) is 4.41. The standard InChI is InChI=1S/C15H16BrN3O/c1-9(4-5-17)6-13-18-15(19-20-13)12-7-10(2)14(16)11(3)8-12/h7-9H,4,6H2,1-3H3. The Bertz CT molecular complexity index is 634. The van der Waals surface area contributed by atoms with Gasteiger partial charge in [0.15, 0.2) is 0 Å².